The second-order valence-corrected chi connectivity index (χ2v) is 9.07. The molecule has 1 aliphatic rings. The zero-order chi connectivity index (χ0) is 26.7. The zero-order valence-electron chi connectivity index (χ0n) is 21.0. The highest BCUT2D eigenvalue weighted by Crippen LogP contribution is 2.45. The summed E-state index contributed by atoms with van der Waals surface area (Å²) in [6.45, 7) is 5.79. The van der Waals surface area contributed by atoms with Gasteiger partial charge in [-0.05, 0) is 42.3 Å². The van der Waals surface area contributed by atoms with Crippen molar-refractivity contribution < 1.29 is 33.1 Å². The van der Waals surface area contributed by atoms with Crippen LogP contribution in [0.3, 0.4) is 0 Å². The molecular formula is C27H28FN3O6. The van der Waals surface area contributed by atoms with Crippen molar-refractivity contribution >= 4 is 17.4 Å². The molecule has 1 atom stereocenters. The molecule has 9 nitrogen and oxygen atoms in total. The first-order valence-electron chi connectivity index (χ1n) is 11.8. The number of hydrogen-bond acceptors (Lipinski definition) is 8. The fourth-order valence-electron chi connectivity index (χ4n) is 4.21. The van der Waals surface area contributed by atoms with Crippen LogP contribution >= 0.6 is 0 Å². The minimum Gasteiger partial charge on any atom is -0.503 e. The fraction of sp³-hybridized carbons (Fsp3) is 0.333. The van der Waals surface area contributed by atoms with E-state index in [1.807, 2.05) is 13.8 Å². The summed E-state index contributed by atoms with van der Waals surface area (Å²) in [6, 6.07) is 9.56. The van der Waals surface area contributed by atoms with Crippen LogP contribution in [0.2, 0.25) is 0 Å². The smallest absolute Gasteiger partial charge is 0.294 e. The Balaban J connectivity index is 1.81. The Morgan fingerprint density at radius 2 is 1.92 bits per heavy atom. The number of amides is 1. The first-order chi connectivity index (χ1) is 17.7. The summed E-state index contributed by atoms with van der Waals surface area (Å²) in [5.41, 5.74) is 1.37. The topological polar surface area (TPSA) is 115 Å². The van der Waals surface area contributed by atoms with Crippen molar-refractivity contribution in [1.29, 1.82) is 0 Å². The molecule has 0 saturated carbocycles. The molecule has 10 heteroatoms. The molecule has 1 aliphatic heterocycles. The van der Waals surface area contributed by atoms with Crippen molar-refractivity contribution in [2.45, 2.75) is 33.2 Å². The van der Waals surface area contributed by atoms with Gasteiger partial charge < -0.3 is 19.1 Å². The molecule has 0 spiro atoms. The van der Waals surface area contributed by atoms with Gasteiger partial charge in [0.05, 0.1) is 18.2 Å². The number of carbonyl (C=O) groups is 2. The van der Waals surface area contributed by atoms with Crippen molar-refractivity contribution in [3.8, 4) is 17.1 Å². The molecule has 194 valence electrons. The number of aliphatic hydroxyl groups excluding tert-OH is 1. The SMILES string of the molecule is COCCOc1cc(F)ccc1C1C(C(=O)CC(C)C)=C(O)C(=O)N1c1ccc(-c2noc(C)n2)cc1. The van der Waals surface area contributed by atoms with Crippen LogP contribution in [0.25, 0.3) is 11.4 Å². The van der Waals surface area contributed by atoms with E-state index in [9.17, 15) is 19.1 Å². The Labute approximate surface area is 213 Å². The van der Waals surface area contributed by atoms with Crippen LogP contribution in [0.4, 0.5) is 10.1 Å². The van der Waals surface area contributed by atoms with Gasteiger partial charge in [-0.1, -0.05) is 19.0 Å². The molecule has 37 heavy (non-hydrogen) atoms. The monoisotopic (exact) mass is 509 g/mol. The maximum Gasteiger partial charge on any atom is 0.294 e. The molecule has 2 heterocycles. The van der Waals surface area contributed by atoms with Crippen LogP contribution in [-0.2, 0) is 14.3 Å². The number of carbonyl (C=O) groups excluding carboxylic acids is 2. The Hall–Kier alpha value is -4.05. The molecule has 1 unspecified atom stereocenters. The van der Waals surface area contributed by atoms with E-state index in [0.29, 0.717) is 28.5 Å². The van der Waals surface area contributed by atoms with Gasteiger partial charge in [0.1, 0.15) is 18.2 Å². The first-order valence-corrected chi connectivity index (χ1v) is 11.8. The van der Waals surface area contributed by atoms with Crippen molar-refractivity contribution in [3.05, 3.63) is 71.1 Å². The number of benzene rings is 2. The average molecular weight is 510 g/mol. The second kappa shape index (κ2) is 10.9. The predicted octanol–water partition coefficient (Wildman–Crippen LogP) is 4.72. The first kappa shape index (κ1) is 26.0. The second-order valence-electron chi connectivity index (χ2n) is 9.07. The molecule has 1 aromatic heterocycles. The number of nitrogens with zero attached hydrogens (tertiary/aromatic N) is 3. The molecular weight excluding hydrogens is 481 g/mol. The van der Waals surface area contributed by atoms with Crippen LogP contribution < -0.4 is 9.64 Å². The third kappa shape index (κ3) is 5.39. The quantitative estimate of drug-likeness (QED) is 0.390. The summed E-state index contributed by atoms with van der Waals surface area (Å²) in [4.78, 5) is 32.2. The number of methoxy groups -OCH3 is 1. The van der Waals surface area contributed by atoms with E-state index in [0.717, 1.165) is 0 Å². The number of anilines is 1. The lowest BCUT2D eigenvalue weighted by Crippen LogP contribution is -2.31. The molecule has 4 rings (SSSR count). The Kier molecular flexibility index (Phi) is 7.68. The third-order valence-electron chi connectivity index (χ3n) is 5.85. The van der Waals surface area contributed by atoms with Gasteiger partial charge in [0.15, 0.2) is 11.5 Å². The maximum atomic E-state index is 14.2. The van der Waals surface area contributed by atoms with Gasteiger partial charge in [0, 0.05) is 43.3 Å². The average Bonchev–Trinajstić information content (AvgIpc) is 3.40. The predicted molar refractivity (Wildman–Crippen MR) is 133 cm³/mol. The third-order valence-corrected chi connectivity index (χ3v) is 5.85. The molecule has 0 bridgehead atoms. The molecule has 2 aromatic carbocycles. The number of ether oxygens (including phenoxy) is 2. The number of halogens is 1. The van der Waals surface area contributed by atoms with Crippen LogP contribution in [0.5, 0.6) is 5.75 Å². The van der Waals surface area contributed by atoms with Crippen molar-refractivity contribution in [2.24, 2.45) is 5.92 Å². The Morgan fingerprint density at radius 3 is 2.54 bits per heavy atom. The van der Waals surface area contributed by atoms with E-state index >= 15 is 0 Å². The zero-order valence-corrected chi connectivity index (χ0v) is 21.0. The Bertz CT molecular complexity index is 1330. The summed E-state index contributed by atoms with van der Waals surface area (Å²) in [5.74, 6) is -1.38. The number of rotatable bonds is 10. The fourth-order valence-corrected chi connectivity index (χ4v) is 4.21. The number of aryl methyl sites for hydroxylation is 1. The van der Waals surface area contributed by atoms with Gasteiger partial charge in [0.25, 0.3) is 5.91 Å². The van der Waals surface area contributed by atoms with Crippen LogP contribution in [0.1, 0.15) is 37.8 Å². The highest BCUT2D eigenvalue weighted by atomic mass is 19.1. The number of ketones is 1. The van der Waals surface area contributed by atoms with Gasteiger partial charge in [-0.15, -0.1) is 0 Å². The molecule has 1 amide bonds. The van der Waals surface area contributed by atoms with Crippen LogP contribution in [0.15, 0.2) is 58.3 Å². The van der Waals surface area contributed by atoms with E-state index in [2.05, 4.69) is 10.1 Å². The number of aliphatic hydroxyl groups is 1. The van der Waals surface area contributed by atoms with E-state index in [1.54, 1.807) is 31.2 Å². The lowest BCUT2D eigenvalue weighted by Gasteiger charge is -2.28. The summed E-state index contributed by atoms with van der Waals surface area (Å²) >= 11 is 0. The van der Waals surface area contributed by atoms with Crippen molar-refractivity contribution in [2.75, 3.05) is 25.2 Å². The van der Waals surface area contributed by atoms with Crippen LogP contribution in [0, 0.1) is 18.7 Å². The number of hydrogen-bond donors (Lipinski definition) is 1. The normalized spacial score (nSPS) is 15.7. The van der Waals surface area contributed by atoms with Gasteiger partial charge >= 0.3 is 0 Å². The van der Waals surface area contributed by atoms with Crippen molar-refractivity contribution in [3.63, 3.8) is 0 Å². The van der Waals surface area contributed by atoms with Crippen LogP contribution in [-0.4, -0.2) is 47.3 Å². The van der Waals surface area contributed by atoms with E-state index in [4.69, 9.17) is 14.0 Å². The lowest BCUT2D eigenvalue weighted by molar-refractivity contribution is -0.118. The summed E-state index contributed by atoms with van der Waals surface area (Å²) in [7, 11) is 1.51. The van der Waals surface area contributed by atoms with Crippen molar-refractivity contribution in [1.82, 2.24) is 10.1 Å². The van der Waals surface area contributed by atoms with Gasteiger partial charge in [-0.3, -0.25) is 14.5 Å². The highest BCUT2D eigenvalue weighted by Gasteiger charge is 2.45. The minimum absolute atomic E-state index is 0.0130. The van der Waals surface area contributed by atoms with Gasteiger partial charge in [-0.2, -0.15) is 4.98 Å². The molecule has 0 fully saturated rings. The summed E-state index contributed by atoms with van der Waals surface area (Å²) in [6.07, 6.45) is 0.119. The largest absolute Gasteiger partial charge is 0.503 e. The van der Waals surface area contributed by atoms with E-state index < -0.39 is 23.5 Å². The molecule has 1 N–H and O–H groups in total. The number of aromatic nitrogens is 2. The highest BCUT2D eigenvalue weighted by molar-refractivity contribution is 6.16. The lowest BCUT2D eigenvalue weighted by atomic mass is 9.91. The molecule has 3 aromatic rings. The summed E-state index contributed by atoms with van der Waals surface area (Å²) < 4.78 is 30.0. The standard InChI is InChI=1S/C27H28FN3O6/c1-15(2)13-21(32)23-24(20-10-7-18(28)14-22(20)36-12-11-35-4)31(27(34)25(23)33)19-8-5-17(6-9-19)26-29-16(3)37-30-26/h5-10,14-15,24,33H,11-13H2,1-4H3. The van der Waals surface area contributed by atoms with Gasteiger partial charge in [-0.25, -0.2) is 4.39 Å². The maximum absolute atomic E-state index is 14.2. The minimum atomic E-state index is -1.03. The van der Waals surface area contributed by atoms with E-state index in [-0.39, 0.29) is 42.7 Å². The molecule has 0 aliphatic carbocycles. The van der Waals surface area contributed by atoms with Gasteiger partial charge in [0.2, 0.25) is 11.7 Å². The molecule has 0 radical (unpaired) electrons. The number of Topliss-reactive ketones (excluding diaryl/α,β-unsaturated/α-hetero) is 1. The Morgan fingerprint density at radius 1 is 1.19 bits per heavy atom. The van der Waals surface area contributed by atoms with E-state index in [1.165, 1.54) is 30.2 Å². The summed E-state index contributed by atoms with van der Waals surface area (Å²) in [5, 5.41) is 14.8. The molecule has 0 saturated heterocycles.